The predicted molar refractivity (Wildman–Crippen MR) is 76.0 cm³/mol. The maximum atomic E-state index is 11.6. The molecule has 5 heteroatoms. The first-order valence-electron chi connectivity index (χ1n) is 6.43. The molecule has 19 heavy (non-hydrogen) atoms. The van der Waals surface area contributed by atoms with Crippen molar-refractivity contribution in [3.8, 4) is 5.75 Å². The number of hydrogen-bond acceptors (Lipinski definition) is 3. The summed E-state index contributed by atoms with van der Waals surface area (Å²) in [5.74, 6) is 1.07. The van der Waals surface area contributed by atoms with E-state index in [1.54, 1.807) is 19.1 Å². The molecule has 2 rings (SSSR count). The number of hydrogen-bond donors (Lipinski definition) is 2. The molecule has 0 heterocycles. The molecule has 0 unspecified atom stereocenters. The lowest BCUT2D eigenvalue weighted by atomic mass is 10.1. The molecule has 2 N–H and O–H groups in total. The van der Waals surface area contributed by atoms with Gasteiger partial charge < -0.3 is 15.2 Å². The van der Waals surface area contributed by atoms with E-state index in [-0.39, 0.29) is 12.5 Å². The molecule has 1 aromatic rings. The quantitative estimate of drug-likeness (QED) is 0.843. The number of halogens is 1. The predicted octanol–water partition coefficient (Wildman–Crippen LogP) is 2.41. The molecule has 1 amide bonds. The van der Waals surface area contributed by atoms with Crippen LogP contribution in [0.1, 0.15) is 31.4 Å². The van der Waals surface area contributed by atoms with Crippen LogP contribution in [0.5, 0.6) is 5.75 Å². The number of aliphatic hydroxyl groups excluding tert-OH is 1. The van der Waals surface area contributed by atoms with E-state index in [1.165, 1.54) is 12.8 Å². The Hall–Kier alpha value is -1.07. The van der Waals surface area contributed by atoms with Gasteiger partial charge in [-0.15, -0.1) is 0 Å². The minimum atomic E-state index is -0.627. The van der Waals surface area contributed by atoms with Crippen molar-refractivity contribution in [3.05, 3.63) is 28.2 Å². The topological polar surface area (TPSA) is 58.6 Å². The summed E-state index contributed by atoms with van der Waals surface area (Å²) in [4.78, 5) is 11.6. The Morgan fingerprint density at radius 3 is 2.95 bits per heavy atom. The third-order valence-corrected chi connectivity index (χ3v) is 3.56. The molecule has 0 aliphatic heterocycles. The molecule has 0 spiro atoms. The average molecular weight is 328 g/mol. The van der Waals surface area contributed by atoms with Gasteiger partial charge in [0.15, 0.2) is 6.61 Å². The minimum absolute atomic E-state index is 0.0249. The van der Waals surface area contributed by atoms with Crippen LogP contribution in [0.15, 0.2) is 22.7 Å². The number of carbonyl (C=O) groups is 1. The zero-order chi connectivity index (χ0) is 13.8. The highest BCUT2D eigenvalue weighted by molar-refractivity contribution is 9.10. The van der Waals surface area contributed by atoms with Crippen LogP contribution in [-0.4, -0.2) is 24.2 Å². The number of rotatable bonds is 6. The van der Waals surface area contributed by atoms with Gasteiger partial charge in [-0.1, -0.05) is 22.0 Å². The number of aliphatic hydroxyl groups is 1. The van der Waals surface area contributed by atoms with Crippen molar-refractivity contribution >= 4 is 21.8 Å². The van der Waals surface area contributed by atoms with E-state index in [9.17, 15) is 9.90 Å². The molecular weight excluding hydrogens is 310 g/mol. The molecule has 1 atom stereocenters. The third-order valence-electron chi connectivity index (χ3n) is 3.07. The second-order valence-corrected chi connectivity index (χ2v) is 5.81. The van der Waals surface area contributed by atoms with Gasteiger partial charge in [-0.05, 0) is 37.8 Å². The van der Waals surface area contributed by atoms with Crippen LogP contribution in [0.3, 0.4) is 0 Å². The van der Waals surface area contributed by atoms with E-state index in [4.69, 9.17) is 4.74 Å². The van der Waals surface area contributed by atoms with E-state index in [0.717, 1.165) is 11.0 Å². The van der Waals surface area contributed by atoms with Crippen molar-refractivity contribution in [2.75, 3.05) is 13.2 Å². The normalized spacial score (nSPS) is 15.9. The Morgan fingerprint density at radius 2 is 2.32 bits per heavy atom. The van der Waals surface area contributed by atoms with Crippen molar-refractivity contribution in [1.82, 2.24) is 5.32 Å². The zero-order valence-electron chi connectivity index (χ0n) is 10.9. The standard InChI is InChI=1S/C14H18BrNO3/c1-9(17)12-5-4-11(15)6-13(12)19-8-14(18)16-7-10-2-3-10/h4-6,9-10,17H,2-3,7-8H2,1H3,(H,16,18)/t9-/m1/s1. The second-order valence-electron chi connectivity index (χ2n) is 4.89. The first kappa shape index (κ1) is 14.3. The summed E-state index contributed by atoms with van der Waals surface area (Å²) in [7, 11) is 0. The van der Waals surface area contributed by atoms with E-state index < -0.39 is 6.10 Å². The summed E-state index contributed by atoms with van der Waals surface area (Å²) < 4.78 is 6.34. The van der Waals surface area contributed by atoms with Crippen LogP contribution in [0, 0.1) is 5.92 Å². The highest BCUT2D eigenvalue weighted by Gasteiger charge is 2.21. The molecule has 0 bridgehead atoms. The van der Waals surface area contributed by atoms with Gasteiger partial charge in [-0.25, -0.2) is 0 Å². The zero-order valence-corrected chi connectivity index (χ0v) is 12.4. The Balaban J connectivity index is 1.89. The van der Waals surface area contributed by atoms with E-state index in [1.807, 2.05) is 6.07 Å². The van der Waals surface area contributed by atoms with Crippen LogP contribution in [0.2, 0.25) is 0 Å². The molecule has 1 aromatic carbocycles. The van der Waals surface area contributed by atoms with Crippen LogP contribution >= 0.6 is 15.9 Å². The second kappa shape index (κ2) is 6.39. The van der Waals surface area contributed by atoms with Gasteiger partial charge in [0.1, 0.15) is 5.75 Å². The molecule has 1 aliphatic rings. The largest absolute Gasteiger partial charge is 0.483 e. The molecule has 0 aromatic heterocycles. The fraction of sp³-hybridized carbons (Fsp3) is 0.500. The van der Waals surface area contributed by atoms with Crippen molar-refractivity contribution in [2.24, 2.45) is 5.92 Å². The first-order chi connectivity index (χ1) is 9.06. The van der Waals surface area contributed by atoms with Gasteiger partial charge in [-0.3, -0.25) is 4.79 Å². The maximum Gasteiger partial charge on any atom is 0.257 e. The number of nitrogens with one attached hydrogen (secondary N) is 1. The van der Waals surface area contributed by atoms with Gasteiger partial charge in [0, 0.05) is 16.6 Å². The molecule has 104 valence electrons. The molecule has 1 saturated carbocycles. The van der Waals surface area contributed by atoms with Gasteiger partial charge in [-0.2, -0.15) is 0 Å². The lowest BCUT2D eigenvalue weighted by molar-refractivity contribution is -0.123. The Morgan fingerprint density at radius 1 is 1.58 bits per heavy atom. The Bertz CT molecular complexity index is 458. The molecule has 1 fully saturated rings. The highest BCUT2D eigenvalue weighted by Crippen LogP contribution is 2.29. The number of ether oxygens (including phenoxy) is 1. The highest BCUT2D eigenvalue weighted by atomic mass is 79.9. The number of benzene rings is 1. The molecule has 0 saturated heterocycles. The van der Waals surface area contributed by atoms with Crippen LogP contribution < -0.4 is 10.1 Å². The fourth-order valence-electron chi connectivity index (χ4n) is 1.75. The van der Waals surface area contributed by atoms with Gasteiger partial charge in [0.05, 0.1) is 6.10 Å². The summed E-state index contributed by atoms with van der Waals surface area (Å²) in [6.45, 7) is 2.39. The number of amides is 1. The van der Waals surface area contributed by atoms with Crippen LogP contribution in [0.4, 0.5) is 0 Å². The smallest absolute Gasteiger partial charge is 0.257 e. The lowest BCUT2D eigenvalue weighted by Crippen LogP contribution is -2.30. The monoisotopic (exact) mass is 327 g/mol. The molecule has 4 nitrogen and oxygen atoms in total. The SMILES string of the molecule is C[C@@H](O)c1ccc(Br)cc1OCC(=O)NCC1CC1. The maximum absolute atomic E-state index is 11.6. The molecular formula is C14H18BrNO3. The summed E-state index contributed by atoms with van der Waals surface area (Å²) in [6.07, 6.45) is 1.79. The summed E-state index contributed by atoms with van der Waals surface area (Å²) >= 11 is 3.35. The summed E-state index contributed by atoms with van der Waals surface area (Å²) in [6, 6.07) is 5.38. The van der Waals surface area contributed by atoms with Crippen molar-refractivity contribution in [3.63, 3.8) is 0 Å². The average Bonchev–Trinajstić information content (AvgIpc) is 3.17. The first-order valence-corrected chi connectivity index (χ1v) is 7.22. The van der Waals surface area contributed by atoms with Gasteiger partial charge in [0.25, 0.3) is 5.91 Å². The van der Waals surface area contributed by atoms with Gasteiger partial charge >= 0.3 is 0 Å². The van der Waals surface area contributed by atoms with E-state index >= 15 is 0 Å². The van der Waals surface area contributed by atoms with Crippen LogP contribution in [-0.2, 0) is 4.79 Å². The van der Waals surface area contributed by atoms with Crippen molar-refractivity contribution in [2.45, 2.75) is 25.9 Å². The Labute approximate surface area is 121 Å². The van der Waals surface area contributed by atoms with Crippen molar-refractivity contribution in [1.29, 1.82) is 0 Å². The van der Waals surface area contributed by atoms with Gasteiger partial charge in [0.2, 0.25) is 0 Å². The lowest BCUT2D eigenvalue weighted by Gasteiger charge is -2.13. The van der Waals surface area contributed by atoms with E-state index in [0.29, 0.717) is 17.2 Å². The van der Waals surface area contributed by atoms with E-state index in [2.05, 4.69) is 21.2 Å². The molecule has 0 radical (unpaired) electrons. The fourth-order valence-corrected chi connectivity index (χ4v) is 2.09. The molecule has 1 aliphatic carbocycles. The third kappa shape index (κ3) is 4.51. The number of carbonyl (C=O) groups excluding carboxylic acids is 1. The summed E-state index contributed by atoms with van der Waals surface area (Å²) in [5, 5.41) is 12.5. The minimum Gasteiger partial charge on any atom is -0.483 e. The summed E-state index contributed by atoms with van der Waals surface area (Å²) in [5.41, 5.74) is 0.679. The Kier molecular flexibility index (Phi) is 4.82. The van der Waals surface area contributed by atoms with Crippen LogP contribution in [0.25, 0.3) is 0 Å². The van der Waals surface area contributed by atoms with Crippen molar-refractivity contribution < 1.29 is 14.6 Å².